The molecule has 0 N–H and O–H groups in total. The molecular weight excluding hydrogens is 213 g/mol. The first kappa shape index (κ1) is 15.8. The second-order valence-corrected chi connectivity index (χ2v) is 4.00. The highest BCUT2D eigenvalue weighted by Gasteiger charge is 2.13. The third-order valence-corrected chi connectivity index (χ3v) is 2.64. The normalized spacial score (nSPS) is 9.82. The van der Waals surface area contributed by atoms with Gasteiger partial charge in [0, 0.05) is 5.56 Å². The molecule has 17 heavy (non-hydrogen) atoms. The topological polar surface area (TPSA) is 12.4 Å². The van der Waals surface area contributed by atoms with Crippen molar-refractivity contribution in [1.82, 2.24) is 0 Å². The van der Waals surface area contributed by atoms with Crippen LogP contribution >= 0.6 is 0 Å². The van der Waals surface area contributed by atoms with E-state index in [1.54, 1.807) is 0 Å². The third-order valence-electron chi connectivity index (χ3n) is 2.64. The molecule has 0 spiro atoms. The maximum absolute atomic E-state index is 14.1. The van der Waals surface area contributed by atoms with Gasteiger partial charge < -0.3 is 0 Å². The van der Waals surface area contributed by atoms with E-state index in [-0.39, 0.29) is 11.7 Å². The van der Waals surface area contributed by atoms with E-state index in [0.29, 0.717) is 12.1 Å². The molecule has 0 fully saturated rings. The average Bonchev–Trinajstić information content (AvgIpc) is 2.34. The standard InChI is InChI=1S/C13H18FN.C2H6/c1-5-10-6-7-11(9(2)3)13(14)12(10)8-15-4;1-2/h6-7,9H,4-5,8H2,1-3H3;1-2H3. The van der Waals surface area contributed by atoms with E-state index in [2.05, 4.69) is 11.7 Å². The Balaban J connectivity index is 0.00000121. The Morgan fingerprint density at radius 2 is 1.88 bits per heavy atom. The Labute approximate surface area is 105 Å². The molecule has 1 nitrogen and oxygen atoms in total. The van der Waals surface area contributed by atoms with Gasteiger partial charge in [0.25, 0.3) is 0 Å². The van der Waals surface area contributed by atoms with E-state index in [4.69, 9.17) is 0 Å². The zero-order valence-corrected chi connectivity index (χ0v) is 11.7. The van der Waals surface area contributed by atoms with Crippen LogP contribution in [0.1, 0.15) is 57.2 Å². The molecule has 0 saturated heterocycles. The Morgan fingerprint density at radius 1 is 1.29 bits per heavy atom. The first-order valence-corrected chi connectivity index (χ1v) is 6.34. The van der Waals surface area contributed by atoms with Crippen LogP contribution < -0.4 is 0 Å². The monoisotopic (exact) mass is 237 g/mol. The molecule has 0 aliphatic rings. The van der Waals surface area contributed by atoms with E-state index in [1.165, 1.54) is 0 Å². The van der Waals surface area contributed by atoms with Crippen molar-refractivity contribution in [3.63, 3.8) is 0 Å². The molecule has 2 heteroatoms. The predicted molar refractivity (Wildman–Crippen MR) is 74.5 cm³/mol. The summed E-state index contributed by atoms with van der Waals surface area (Å²) in [6, 6.07) is 3.88. The molecule has 1 aromatic carbocycles. The number of hydrogen-bond acceptors (Lipinski definition) is 1. The van der Waals surface area contributed by atoms with Gasteiger partial charge in [-0.05, 0) is 30.2 Å². The number of halogens is 1. The van der Waals surface area contributed by atoms with Crippen LogP contribution in [-0.2, 0) is 13.0 Å². The first-order chi connectivity index (χ1) is 8.11. The van der Waals surface area contributed by atoms with Gasteiger partial charge in [0.2, 0.25) is 0 Å². The van der Waals surface area contributed by atoms with Gasteiger partial charge in [-0.25, -0.2) is 4.39 Å². The van der Waals surface area contributed by atoms with E-state index >= 15 is 0 Å². The van der Waals surface area contributed by atoms with Gasteiger partial charge in [-0.1, -0.05) is 46.8 Å². The second-order valence-electron chi connectivity index (χ2n) is 4.00. The molecule has 0 radical (unpaired) electrons. The highest BCUT2D eigenvalue weighted by atomic mass is 19.1. The minimum absolute atomic E-state index is 0.100. The lowest BCUT2D eigenvalue weighted by atomic mass is 9.95. The second kappa shape index (κ2) is 7.99. The summed E-state index contributed by atoms with van der Waals surface area (Å²) < 4.78 is 14.1. The predicted octanol–water partition coefficient (Wildman–Crippen LogP) is 4.74. The summed E-state index contributed by atoms with van der Waals surface area (Å²) in [6.07, 6.45) is 0.833. The maximum atomic E-state index is 14.1. The van der Waals surface area contributed by atoms with E-state index in [9.17, 15) is 4.39 Å². The molecule has 1 aromatic rings. The van der Waals surface area contributed by atoms with Crippen LogP contribution in [0.2, 0.25) is 0 Å². The van der Waals surface area contributed by atoms with Crippen molar-refractivity contribution >= 4 is 6.72 Å². The fourth-order valence-corrected chi connectivity index (χ4v) is 1.74. The van der Waals surface area contributed by atoms with Gasteiger partial charge in [-0.3, -0.25) is 4.99 Å². The molecule has 0 saturated carbocycles. The summed E-state index contributed by atoms with van der Waals surface area (Å²) >= 11 is 0. The highest BCUT2D eigenvalue weighted by molar-refractivity contribution is 5.36. The lowest BCUT2D eigenvalue weighted by Crippen LogP contribution is -2.02. The van der Waals surface area contributed by atoms with Crippen molar-refractivity contribution in [2.24, 2.45) is 4.99 Å². The van der Waals surface area contributed by atoms with Crippen LogP contribution in [0.4, 0.5) is 4.39 Å². The molecule has 1 rings (SSSR count). The molecular formula is C15H24FN. The molecule has 0 aliphatic heterocycles. The Kier molecular flexibility index (Phi) is 7.44. The van der Waals surface area contributed by atoms with E-state index in [1.807, 2.05) is 46.8 Å². The number of hydrogen-bond donors (Lipinski definition) is 0. The average molecular weight is 237 g/mol. The summed E-state index contributed by atoms with van der Waals surface area (Å²) in [6.45, 7) is 13.8. The number of nitrogens with zero attached hydrogens (tertiary/aromatic N) is 1. The maximum Gasteiger partial charge on any atom is 0.131 e. The number of aliphatic imine (C=N–C) groups is 1. The molecule has 96 valence electrons. The number of rotatable bonds is 4. The van der Waals surface area contributed by atoms with Crippen LogP contribution in [0.5, 0.6) is 0 Å². The van der Waals surface area contributed by atoms with Gasteiger partial charge in [-0.2, -0.15) is 0 Å². The van der Waals surface area contributed by atoms with Gasteiger partial charge >= 0.3 is 0 Å². The number of aryl methyl sites for hydroxylation is 1. The summed E-state index contributed by atoms with van der Waals surface area (Å²) in [7, 11) is 0. The highest BCUT2D eigenvalue weighted by Crippen LogP contribution is 2.24. The van der Waals surface area contributed by atoms with Crippen molar-refractivity contribution < 1.29 is 4.39 Å². The smallest absolute Gasteiger partial charge is 0.131 e. The molecule has 0 atom stereocenters. The van der Waals surface area contributed by atoms with Gasteiger partial charge in [0.15, 0.2) is 0 Å². The summed E-state index contributed by atoms with van der Waals surface area (Å²) in [5.74, 6) is 0.108. The first-order valence-electron chi connectivity index (χ1n) is 6.34. The lowest BCUT2D eigenvalue weighted by molar-refractivity contribution is 0.580. The minimum atomic E-state index is -0.100. The SMILES string of the molecule is C=NCc1c(CC)ccc(C(C)C)c1F.CC. The van der Waals surface area contributed by atoms with E-state index in [0.717, 1.165) is 17.5 Å². The molecule has 0 heterocycles. The van der Waals surface area contributed by atoms with Crippen LogP contribution in [0.25, 0.3) is 0 Å². The zero-order valence-electron chi connectivity index (χ0n) is 11.7. The molecule has 0 unspecified atom stereocenters. The van der Waals surface area contributed by atoms with Crippen LogP contribution in [0, 0.1) is 5.82 Å². The largest absolute Gasteiger partial charge is 0.296 e. The summed E-state index contributed by atoms with van der Waals surface area (Å²) in [5.41, 5.74) is 2.51. The van der Waals surface area contributed by atoms with Crippen LogP contribution in [-0.4, -0.2) is 6.72 Å². The third kappa shape index (κ3) is 3.95. The van der Waals surface area contributed by atoms with E-state index < -0.39 is 0 Å². The Morgan fingerprint density at radius 3 is 2.29 bits per heavy atom. The fraction of sp³-hybridized carbons (Fsp3) is 0.533. The van der Waals surface area contributed by atoms with Gasteiger partial charge in [0.1, 0.15) is 5.82 Å². The van der Waals surface area contributed by atoms with Crippen molar-refractivity contribution in [3.05, 3.63) is 34.6 Å². The summed E-state index contributed by atoms with van der Waals surface area (Å²) in [4.78, 5) is 3.79. The van der Waals surface area contributed by atoms with Crippen molar-refractivity contribution in [2.45, 2.75) is 53.5 Å². The lowest BCUT2D eigenvalue weighted by Gasteiger charge is -2.13. The molecule has 0 aromatic heterocycles. The zero-order chi connectivity index (χ0) is 13.4. The Bertz CT molecular complexity index is 356. The number of benzene rings is 1. The van der Waals surface area contributed by atoms with Crippen molar-refractivity contribution in [1.29, 1.82) is 0 Å². The quantitative estimate of drug-likeness (QED) is 0.671. The van der Waals surface area contributed by atoms with Gasteiger partial charge in [0.05, 0.1) is 6.54 Å². The summed E-state index contributed by atoms with van der Waals surface area (Å²) in [5, 5.41) is 0. The van der Waals surface area contributed by atoms with Crippen LogP contribution in [0.15, 0.2) is 17.1 Å². The van der Waals surface area contributed by atoms with Crippen molar-refractivity contribution in [3.8, 4) is 0 Å². The molecule has 0 aliphatic carbocycles. The minimum Gasteiger partial charge on any atom is -0.296 e. The van der Waals surface area contributed by atoms with Crippen LogP contribution in [0.3, 0.4) is 0 Å². The van der Waals surface area contributed by atoms with Crippen molar-refractivity contribution in [2.75, 3.05) is 0 Å². The molecule has 0 amide bonds. The van der Waals surface area contributed by atoms with Gasteiger partial charge in [-0.15, -0.1) is 0 Å². The fourth-order valence-electron chi connectivity index (χ4n) is 1.74. The molecule has 0 bridgehead atoms. The Hall–Kier alpha value is -1.18.